The van der Waals surface area contributed by atoms with E-state index in [4.69, 9.17) is 0 Å². The topological polar surface area (TPSA) is 7.68 Å². The second kappa shape index (κ2) is 5.50. The van der Waals surface area contributed by atoms with Gasteiger partial charge in [-0.15, -0.1) is 0 Å². The molecule has 1 aliphatic heterocycles. The Hall–Kier alpha value is -0.0800. The first-order valence-electron chi connectivity index (χ1n) is 7.17. The van der Waals surface area contributed by atoms with E-state index in [2.05, 4.69) is 25.8 Å². The number of hydrogen-bond donors (Lipinski definition) is 1. The van der Waals surface area contributed by atoms with E-state index in [1.807, 2.05) is 4.90 Å². The van der Waals surface area contributed by atoms with E-state index in [1.54, 1.807) is 0 Å². The third-order valence-corrected chi connectivity index (χ3v) is 4.80. The lowest BCUT2D eigenvalue weighted by atomic mass is 9.93. The summed E-state index contributed by atoms with van der Waals surface area (Å²) in [5, 5.41) is 0. The average Bonchev–Trinajstić information content (AvgIpc) is 2.70. The highest BCUT2D eigenvalue weighted by molar-refractivity contribution is 4.77. The van der Waals surface area contributed by atoms with Crippen molar-refractivity contribution in [3.05, 3.63) is 0 Å². The summed E-state index contributed by atoms with van der Waals surface area (Å²) in [6.07, 6.45) is 4.51. The molecule has 1 saturated carbocycles. The molecule has 0 amide bonds. The Kier molecular flexibility index (Phi) is 4.26. The summed E-state index contributed by atoms with van der Waals surface area (Å²) < 4.78 is 0. The lowest BCUT2D eigenvalue weighted by Crippen LogP contribution is -3.15. The van der Waals surface area contributed by atoms with Crippen molar-refractivity contribution in [2.45, 2.75) is 33.1 Å². The maximum absolute atomic E-state index is 2.47. The molecule has 2 nitrogen and oxygen atoms in total. The first kappa shape index (κ1) is 12.4. The van der Waals surface area contributed by atoms with Crippen LogP contribution in [0.3, 0.4) is 0 Å². The Morgan fingerprint density at radius 3 is 2.44 bits per heavy atom. The minimum Gasteiger partial charge on any atom is -0.333 e. The Balaban J connectivity index is 1.71. The maximum Gasteiger partial charge on any atom is 0.0900 e. The van der Waals surface area contributed by atoms with Crippen LogP contribution in [0.15, 0.2) is 0 Å². The predicted octanol–water partition coefficient (Wildman–Crippen LogP) is 0.889. The molecule has 0 radical (unpaired) electrons. The molecule has 94 valence electrons. The van der Waals surface area contributed by atoms with E-state index in [0.29, 0.717) is 0 Å². The van der Waals surface area contributed by atoms with Crippen LogP contribution in [-0.4, -0.2) is 44.7 Å². The molecule has 0 aromatic rings. The molecule has 2 heteroatoms. The Morgan fingerprint density at radius 1 is 1.19 bits per heavy atom. The van der Waals surface area contributed by atoms with Gasteiger partial charge in [0.1, 0.15) is 0 Å². The van der Waals surface area contributed by atoms with Crippen LogP contribution >= 0.6 is 0 Å². The monoisotopic (exact) mass is 225 g/mol. The first-order valence-corrected chi connectivity index (χ1v) is 7.17. The molecule has 0 bridgehead atoms. The summed E-state index contributed by atoms with van der Waals surface area (Å²) in [4.78, 5) is 4.34. The SMILES string of the molecule is CC(C)C1CCC(C[NH+]2CCN(C)CC2)C1. The summed E-state index contributed by atoms with van der Waals surface area (Å²) in [6, 6.07) is 0. The third-order valence-electron chi connectivity index (χ3n) is 4.80. The molecule has 2 aliphatic rings. The summed E-state index contributed by atoms with van der Waals surface area (Å²) >= 11 is 0. The second-order valence-electron chi connectivity index (χ2n) is 6.44. The van der Waals surface area contributed by atoms with Gasteiger partial charge in [-0.25, -0.2) is 0 Å². The van der Waals surface area contributed by atoms with Crippen molar-refractivity contribution in [2.75, 3.05) is 39.8 Å². The first-order chi connectivity index (χ1) is 7.65. The van der Waals surface area contributed by atoms with E-state index >= 15 is 0 Å². The zero-order valence-corrected chi connectivity index (χ0v) is 11.3. The lowest BCUT2D eigenvalue weighted by molar-refractivity contribution is -0.907. The molecule has 1 heterocycles. The highest BCUT2D eigenvalue weighted by Crippen LogP contribution is 2.34. The number of hydrogen-bond acceptors (Lipinski definition) is 1. The largest absolute Gasteiger partial charge is 0.333 e. The lowest BCUT2D eigenvalue weighted by Gasteiger charge is -2.31. The van der Waals surface area contributed by atoms with Gasteiger partial charge in [0.05, 0.1) is 19.6 Å². The van der Waals surface area contributed by atoms with Crippen molar-refractivity contribution in [1.29, 1.82) is 0 Å². The van der Waals surface area contributed by atoms with E-state index in [9.17, 15) is 0 Å². The molecular weight excluding hydrogens is 196 g/mol. The summed E-state index contributed by atoms with van der Waals surface area (Å²) in [5.41, 5.74) is 0. The quantitative estimate of drug-likeness (QED) is 0.749. The van der Waals surface area contributed by atoms with Gasteiger partial charge < -0.3 is 4.90 Å². The van der Waals surface area contributed by atoms with Gasteiger partial charge in [0, 0.05) is 19.0 Å². The summed E-state index contributed by atoms with van der Waals surface area (Å²) in [5.74, 6) is 2.97. The van der Waals surface area contributed by atoms with Crippen molar-refractivity contribution in [1.82, 2.24) is 4.90 Å². The minimum atomic E-state index is 0.910. The van der Waals surface area contributed by atoms with Crippen LogP contribution in [0, 0.1) is 17.8 Å². The normalized spacial score (nSPS) is 33.8. The van der Waals surface area contributed by atoms with Gasteiger partial charge in [0.2, 0.25) is 0 Å². The molecule has 2 atom stereocenters. The maximum atomic E-state index is 2.47. The Morgan fingerprint density at radius 2 is 1.88 bits per heavy atom. The van der Waals surface area contributed by atoms with Crippen LogP contribution < -0.4 is 4.90 Å². The van der Waals surface area contributed by atoms with Crippen LogP contribution in [-0.2, 0) is 0 Å². The number of nitrogens with one attached hydrogen (secondary N) is 1. The van der Waals surface area contributed by atoms with Gasteiger partial charge in [0.25, 0.3) is 0 Å². The third kappa shape index (κ3) is 3.21. The number of piperazine rings is 1. The molecule has 16 heavy (non-hydrogen) atoms. The van der Waals surface area contributed by atoms with Gasteiger partial charge in [-0.2, -0.15) is 0 Å². The van der Waals surface area contributed by atoms with Crippen LogP contribution in [0.5, 0.6) is 0 Å². The fraction of sp³-hybridized carbons (Fsp3) is 1.00. The van der Waals surface area contributed by atoms with Gasteiger partial charge in [-0.05, 0) is 38.1 Å². The minimum absolute atomic E-state index is 0.910. The number of nitrogens with zero attached hydrogens (tertiary/aromatic N) is 1. The van der Waals surface area contributed by atoms with E-state index in [1.165, 1.54) is 52.0 Å². The molecule has 0 aromatic heterocycles. The molecule has 2 fully saturated rings. The molecule has 0 aromatic carbocycles. The van der Waals surface area contributed by atoms with Crippen LogP contribution in [0.4, 0.5) is 0 Å². The fourth-order valence-corrected chi connectivity index (χ4v) is 3.45. The predicted molar refractivity (Wildman–Crippen MR) is 68.7 cm³/mol. The van der Waals surface area contributed by atoms with Gasteiger partial charge in [0.15, 0.2) is 0 Å². The molecule has 0 spiro atoms. The molecular formula is C14H29N2+. The number of quaternary nitrogens is 1. The number of likely N-dealkylation sites (N-methyl/N-ethyl adjacent to an activating group) is 1. The smallest absolute Gasteiger partial charge is 0.0900 e. The fourth-order valence-electron chi connectivity index (χ4n) is 3.45. The number of rotatable bonds is 3. The van der Waals surface area contributed by atoms with E-state index in [-0.39, 0.29) is 0 Å². The van der Waals surface area contributed by atoms with Gasteiger partial charge in [-0.3, -0.25) is 4.90 Å². The van der Waals surface area contributed by atoms with E-state index < -0.39 is 0 Å². The van der Waals surface area contributed by atoms with Crippen molar-refractivity contribution in [2.24, 2.45) is 17.8 Å². The molecule has 1 aliphatic carbocycles. The van der Waals surface area contributed by atoms with Crippen LogP contribution in [0.1, 0.15) is 33.1 Å². The second-order valence-corrected chi connectivity index (χ2v) is 6.44. The summed E-state index contributed by atoms with van der Waals surface area (Å²) in [7, 11) is 2.25. The molecule has 2 unspecified atom stereocenters. The zero-order chi connectivity index (χ0) is 11.5. The average molecular weight is 225 g/mol. The summed E-state index contributed by atoms with van der Waals surface area (Å²) in [6.45, 7) is 11.6. The van der Waals surface area contributed by atoms with Crippen molar-refractivity contribution >= 4 is 0 Å². The van der Waals surface area contributed by atoms with Crippen molar-refractivity contribution < 1.29 is 4.90 Å². The Bertz CT molecular complexity index is 207. The van der Waals surface area contributed by atoms with Crippen molar-refractivity contribution in [3.8, 4) is 0 Å². The molecule has 2 rings (SSSR count). The van der Waals surface area contributed by atoms with Crippen molar-refractivity contribution in [3.63, 3.8) is 0 Å². The highest BCUT2D eigenvalue weighted by atomic mass is 15.2. The van der Waals surface area contributed by atoms with E-state index in [0.717, 1.165) is 17.8 Å². The standard InChI is InChI=1S/C14H28N2/c1-12(2)14-5-4-13(10-14)11-16-8-6-15(3)7-9-16/h12-14H,4-11H2,1-3H3/p+1. The van der Waals surface area contributed by atoms with Gasteiger partial charge in [-0.1, -0.05) is 13.8 Å². The Labute approximate surface area is 101 Å². The van der Waals surface area contributed by atoms with Crippen LogP contribution in [0.25, 0.3) is 0 Å². The molecule has 1 saturated heterocycles. The highest BCUT2D eigenvalue weighted by Gasteiger charge is 2.30. The van der Waals surface area contributed by atoms with Gasteiger partial charge >= 0.3 is 0 Å². The molecule has 1 N–H and O–H groups in total. The zero-order valence-electron chi connectivity index (χ0n) is 11.3. The van der Waals surface area contributed by atoms with Crippen LogP contribution in [0.2, 0.25) is 0 Å².